The predicted molar refractivity (Wildman–Crippen MR) is 89.6 cm³/mol. The van der Waals surface area contributed by atoms with Gasteiger partial charge in [0.15, 0.2) is 5.82 Å². The summed E-state index contributed by atoms with van der Waals surface area (Å²) in [5.74, 6) is 2.18. The van der Waals surface area contributed by atoms with Crippen LogP contribution in [0.2, 0.25) is 0 Å². The molecule has 3 atom stereocenters. The zero-order valence-corrected chi connectivity index (χ0v) is 14.2. The molecule has 2 aliphatic carbocycles. The SMILES string of the molecule is CC12CCC(C1)C(C)(C)C2NCc1noc(-c2ccccc2)n1. The van der Waals surface area contributed by atoms with Crippen LogP contribution in [0, 0.1) is 16.7 Å². The van der Waals surface area contributed by atoms with Crippen LogP contribution in [0.25, 0.3) is 11.5 Å². The lowest BCUT2D eigenvalue weighted by atomic mass is 9.68. The second-order valence-corrected chi connectivity index (χ2v) is 8.11. The topological polar surface area (TPSA) is 51.0 Å². The molecule has 2 saturated carbocycles. The highest BCUT2D eigenvalue weighted by molar-refractivity contribution is 5.51. The summed E-state index contributed by atoms with van der Waals surface area (Å²) in [4.78, 5) is 4.53. The molecule has 0 aliphatic heterocycles. The largest absolute Gasteiger partial charge is 0.334 e. The maximum absolute atomic E-state index is 5.40. The highest BCUT2D eigenvalue weighted by atomic mass is 16.5. The van der Waals surface area contributed by atoms with Crippen LogP contribution in [0.1, 0.15) is 45.9 Å². The van der Waals surface area contributed by atoms with Gasteiger partial charge in [0, 0.05) is 11.6 Å². The van der Waals surface area contributed by atoms with E-state index in [4.69, 9.17) is 4.52 Å². The van der Waals surface area contributed by atoms with Gasteiger partial charge in [-0.25, -0.2) is 0 Å². The van der Waals surface area contributed by atoms with Crippen LogP contribution in [-0.2, 0) is 6.54 Å². The van der Waals surface area contributed by atoms with Gasteiger partial charge in [-0.2, -0.15) is 4.98 Å². The fourth-order valence-electron chi connectivity index (χ4n) is 5.03. The lowest BCUT2D eigenvalue weighted by Gasteiger charge is -2.43. The molecule has 0 saturated heterocycles. The minimum atomic E-state index is 0.346. The Morgan fingerprint density at radius 2 is 2.00 bits per heavy atom. The van der Waals surface area contributed by atoms with E-state index in [9.17, 15) is 0 Å². The van der Waals surface area contributed by atoms with Crippen LogP contribution in [0.5, 0.6) is 0 Å². The van der Waals surface area contributed by atoms with E-state index in [1.54, 1.807) is 0 Å². The number of nitrogens with zero attached hydrogens (tertiary/aromatic N) is 2. The van der Waals surface area contributed by atoms with E-state index in [2.05, 4.69) is 36.2 Å². The molecule has 1 N–H and O–H groups in total. The third-order valence-electron chi connectivity index (χ3n) is 6.22. The Morgan fingerprint density at radius 3 is 2.70 bits per heavy atom. The van der Waals surface area contributed by atoms with Gasteiger partial charge in [0.05, 0.1) is 6.54 Å². The number of rotatable bonds is 4. The molecule has 2 fully saturated rings. The van der Waals surface area contributed by atoms with E-state index in [0.717, 1.165) is 17.3 Å². The fraction of sp³-hybridized carbons (Fsp3) is 0.579. The molecular weight excluding hydrogens is 286 g/mol. The molecule has 1 aromatic carbocycles. The van der Waals surface area contributed by atoms with E-state index in [-0.39, 0.29) is 0 Å². The van der Waals surface area contributed by atoms with Gasteiger partial charge in [0.25, 0.3) is 5.89 Å². The number of benzene rings is 1. The molecule has 4 nitrogen and oxygen atoms in total. The third-order valence-corrected chi connectivity index (χ3v) is 6.22. The summed E-state index contributed by atoms with van der Waals surface area (Å²) >= 11 is 0. The van der Waals surface area contributed by atoms with Crippen LogP contribution in [0.3, 0.4) is 0 Å². The summed E-state index contributed by atoms with van der Waals surface area (Å²) < 4.78 is 5.40. The van der Waals surface area contributed by atoms with E-state index >= 15 is 0 Å². The first-order valence-corrected chi connectivity index (χ1v) is 8.60. The number of hydrogen-bond donors (Lipinski definition) is 1. The summed E-state index contributed by atoms with van der Waals surface area (Å²) in [5.41, 5.74) is 1.73. The van der Waals surface area contributed by atoms with Crippen LogP contribution < -0.4 is 5.32 Å². The van der Waals surface area contributed by atoms with Gasteiger partial charge in [-0.3, -0.25) is 0 Å². The van der Waals surface area contributed by atoms with Gasteiger partial charge in [-0.15, -0.1) is 0 Å². The van der Waals surface area contributed by atoms with E-state index < -0.39 is 0 Å². The highest BCUT2D eigenvalue weighted by Crippen LogP contribution is 2.62. The standard InChI is InChI=1S/C19H25N3O/c1-18(2)14-9-10-19(3,11-14)17(18)20-12-15-21-16(23-22-15)13-7-5-4-6-8-13/h4-8,14,17,20H,9-12H2,1-3H3. The minimum Gasteiger partial charge on any atom is -0.334 e. The van der Waals surface area contributed by atoms with Gasteiger partial charge < -0.3 is 9.84 Å². The van der Waals surface area contributed by atoms with Crippen molar-refractivity contribution in [3.05, 3.63) is 36.2 Å². The van der Waals surface area contributed by atoms with Gasteiger partial charge in [-0.05, 0) is 48.1 Å². The Kier molecular flexibility index (Phi) is 3.34. The molecule has 1 aromatic heterocycles. The molecule has 0 radical (unpaired) electrons. The second-order valence-electron chi connectivity index (χ2n) is 8.11. The Hall–Kier alpha value is -1.68. The quantitative estimate of drug-likeness (QED) is 0.926. The molecule has 4 rings (SSSR count). The van der Waals surface area contributed by atoms with Crippen molar-refractivity contribution in [3.8, 4) is 11.5 Å². The lowest BCUT2D eigenvalue weighted by Crippen LogP contribution is -2.50. The van der Waals surface area contributed by atoms with Gasteiger partial charge in [0.1, 0.15) is 0 Å². The maximum Gasteiger partial charge on any atom is 0.257 e. The first-order chi connectivity index (χ1) is 11.0. The van der Waals surface area contributed by atoms with Crippen molar-refractivity contribution >= 4 is 0 Å². The molecule has 2 aliphatic rings. The average molecular weight is 311 g/mol. The summed E-state index contributed by atoms with van der Waals surface area (Å²) in [5, 5.41) is 7.88. The Balaban J connectivity index is 1.47. The highest BCUT2D eigenvalue weighted by Gasteiger charge is 2.58. The normalized spacial score (nSPS) is 31.6. The van der Waals surface area contributed by atoms with Gasteiger partial charge >= 0.3 is 0 Å². The average Bonchev–Trinajstić information content (AvgIpc) is 3.19. The van der Waals surface area contributed by atoms with Gasteiger partial charge in [0.2, 0.25) is 0 Å². The van der Waals surface area contributed by atoms with Crippen molar-refractivity contribution in [2.75, 3.05) is 0 Å². The number of nitrogens with one attached hydrogen (secondary N) is 1. The van der Waals surface area contributed by atoms with Crippen molar-refractivity contribution < 1.29 is 4.52 Å². The van der Waals surface area contributed by atoms with Crippen molar-refractivity contribution in [1.82, 2.24) is 15.5 Å². The number of fused-ring (bicyclic) bond motifs is 2. The molecule has 3 unspecified atom stereocenters. The summed E-state index contributed by atoms with van der Waals surface area (Å²) in [7, 11) is 0. The van der Waals surface area contributed by atoms with Crippen LogP contribution >= 0.6 is 0 Å². The first kappa shape index (κ1) is 14.9. The summed E-state index contributed by atoms with van der Waals surface area (Å²) in [6.07, 6.45) is 4.06. The lowest BCUT2D eigenvalue weighted by molar-refractivity contribution is 0.107. The monoisotopic (exact) mass is 311 g/mol. The molecule has 0 spiro atoms. The predicted octanol–water partition coefficient (Wildman–Crippen LogP) is 4.04. The first-order valence-electron chi connectivity index (χ1n) is 8.60. The second kappa shape index (κ2) is 5.17. The van der Waals surface area contributed by atoms with E-state index in [1.165, 1.54) is 19.3 Å². The molecule has 0 amide bonds. The van der Waals surface area contributed by atoms with E-state index in [0.29, 0.717) is 29.3 Å². The van der Waals surface area contributed by atoms with Crippen molar-refractivity contribution in [2.24, 2.45) is 16.7 Å². The van der Waals surface area contributed by atoms with Crippen LogP contribution in [0.15, 0.2) is 34.9 Å². The van der Waals surface area contributed by atoms with Crippen LogP contribution in [0.4, 0.5) is 0 Å². The summed E-state index contributed by atoms with van der Waals surface area (Å²) in [6, 6.07) is 10.5. The number of hydrogen-bond acceptors (Lipinski definition) is 4. The molecule has 4 heteroatoms. The van der Waals surface area contributed by atoms with E-state index in [1.807, 2.05) is 30.3 Å². The molecule has 23 heavy (non-hydrogen) atoms. The zero-order chi connectivity index (χ0) is 16.1. The summed E-state index contributed by atoms with van der Waals surface area (Å²) in [6.45, 7) is 7.93. The molecule has 122 valence electrons. The smallest absolute Gasteiger partial charge is 0.257 e. The van der Waals surface area contributed by atoms with Crippen molar-refractivity contribution in [2.45, 2.75) is 52.6 Å². The Labute approximate surface area is 137 Å². The van der Waals surface area contributed by atoms with Crippen molar-refractivity contribution in [3.63, 3.8) is 0 Å². The number of aromatic nitrogens is 2. The minimum absolute atomic E-state index is 0.346. The fourth-order valence-corrected chi connectivity index (χ4v) is 5.03. The van der Waals surface area contributed by atoms with Gasteiger partial charge in [-0.1, -0.05) is 44.1 Å². The molecule has 2 bridgehead atoms. The Bertz CT molecular complexity index is 689. The Morgan fingerprint density at radius 1 is 1.22 bits per heavy atom. The molecular formula is C19H25N3O. The van der Waals surface area contributed by atoms with Crippen molar-refractivity contribution in [1.29, 1.82) is 0 Å². The molecule has 2 aromatic rings. The third kappa shape index (κ3) is 2.40. The molecule has 1 heterocycles. The zero-order valence-electron chi connectivity index (χ0n) is 14.2. The van der Waals surface area contributed by atoms with Crippen LogP contribution in [-0.4, -0.2) is 16.2 Å². The maximum atomic E-state index is 5.40.